The molecule has 0 atom stereocenters. The van der Waals surface area contributed by atoms with Crippen molar-refractivity contribution >= 4 is 114 Å². The van der Waals surface area contributed by atoms with E-state index in [1.807, 2.05) is 11.3 Å². The fourth-order valence-electron chi connectivity index (χ4n) is 9.86. The van der Waals surface area contributed by atoms with Crippen molar-refractivity contribution in [3.63, 3.8) is 0 Å². The lowest BCUT2D eigenvalue weighted by Gasteiger charge is -2.26. The molecule has 0 radical (unpaired) electrons. The van der Waals surface area contributed by atoms with Gasteiger partial charge in [-0.25, -0.2) is 0 Å². The number of hydrogen-bond donors (Lipinski definition) is 0. The second kappa shape index (κ2) is 13.4. The molecular weight excluding hydrogens is 759 g/mol. The molecule has 2 heterocycles. The van der Waals surface area contributed by atoms with E-state index in [4.69, 9.17) is 4.42 Å². The first kappa shape index (κ1) is 34.2. The van der Waals surface area contributed by atoms with Crippen LogP contribution in [-0.4, -0.2) is 0 Å². The Kier molecular flexibility index (Phi) is 7.51. The molecule has 13 rings (SSSR count). The smallest absolute Gasteiger partial charge is 0.159 e. The summed E-state index contributed by atoms with van der Waals surface area (Å²) in [5.74, 6) is 0. The Morgan fingerprint density at radius 3 is 1.64 bits per heavy atom. The highest BCUT2D eigenvalue weighted by atomic mass is 32.1. The van der Waals surface area contributed by atoms with Crippen LogP contribution in [0.3, 0.4) is 0 Å². The average molecular weight is 794 g/mol. The van der Waals surface area contributed by atoms with Gasteiger partial charge in [-0.2, -0.15) is 0 Å². The molecule has 0 saturated carbocycles. The molecule has 11 aromatic carbocycles. The minimum Gasteiger partial charge on any atom is -0.453 e. The number of para-hydroxylation sites is 1. The number of thiophene rings is 1. The van der Waals surface area contributed by atoms with Crippen LogP contribution >= 0.6 is 11.3 Å². The number of fused-ring (bicyclic) bond motifs is 13. The van der Waals surface area contributed by atoms with Crippen LogP contribution in [0.1, 0.15) is 0 Å². The lowest BCUT2D eigenvalue weighted by atomic mass is 9.90. The van der Waals surface area contributed by atoms with E-state index in [0.29, 0.717) is 0 Å². The molecule has 0 aliphatic rings. The maximum absolute atomic E-state index is 7.40. The summed E-state index contributed by atoms with van der Waals surface area (Å²) in [5.41, 5.74) is 9.56. The Labute approximate surface area is 355 Å². The summed E-state index contributed by atoms with van der Waals surface area (Å²) in [6.45, 7) is 0. The molecule has 0 aliphatic carbocycles. The Morgan fingerprint density at radius 1 is 0.328 bits per heavy atom. The van der Waals surface area contributed by atoms with Crippen LogP contribution in [0.4, 0.5) is 17.1 Å². The fourth-order valence-corrected chi connectivity index (χ4v) is 11.1. The van der Waals surface area contributed by atoms with Crippen LogP contribution in [0, 0.1) is 0 Å². The molecule has 13 aromatic rings. The Bertz CT molecular complexity index is 3840. The van der Waals surface area contributed by atoms with E-state index < -0.39 is 0 Å². The van der Waals surface area contributed by atoms with Crippen molar-refractivity contribution in [1.29, 1.82) is 0 Å². The average Bonchev–Trinajstić information content (AvgIpc) is 3.90. The molecule has 2 nitrogen and oxygen atoms in total. The summed E-state index contributed by atoms with van der Waals surface area (Å²) < 4.78 is 9.92. The van der Waals surface area contributed by atoms with E-state index in [1.54, 1.807) is 0 Å². The first-order chi connectivity index (χ1) is 30.3. The summed E-state index contributed by atoms with van der Waals surface area (Å²) in [7, 11) is 0. The van der Waals surface area contributed by atoms with Crippen LogP contribution in [0.5, 0.6) is 0 Å². The summed E-state index contributed by atoms with van der Waals surface area (Å²) in [5, 5.41) is 14.6. The van der Waals surface area contributed by atoms with Gasteiger partial charge in [0.15, 0.2) is 5.58 Å². The zero-order chi connectivity index (χ0) is 40.0. The van der Waals surface area contributed by atoms with Gasteiger partial charge >= 0.3 is 0 Å². The molecule has 61 heavy (non-hydrogen) atoms. The maximum Gasteiger partial charge on any atom is 0.159 e. The van der Waals surface area contributed by atoms with Crippen LogP contribution < -0.4 is 4.90 Å². The summed E-state index contributed by atoms with van der Waals surface area (Å²) in [6.07, 6.45) is 0. The highest BCUT2D eigenvalue weighted by Crippen LogP contribution is 2.50. The molecule has 284 valence electrons. The Balaban J connectivity index is 1.09. The molecule has 0 aliphatic heterocycles. The van der Waals surface area contributed by atoms with Crippen molar-refractivity contribution in [3.8, 4) is 22.3 Å². The largest absolute Gasteiger partial charge is 0.453 e. The van der Waals surface area contributed by atoms with E-state index in [0.717, 1.165) is 50.1 Å². The standard InChI is InChI=1S/C58H35NOS/c1-2-14-36(15-3-1)37-28-31-40(32-29-37)59(53-26-13-24-49-47-22-10-11-27-54(47)61-58(49)53)52-25-12-23-48-51-34-38-16-4-5-17-41(38)55(57(51)60-56(48)52)39-30-33-46-44-20-7-6-18-42(44)43-19-8-9-21-45(43)50(46)35-39/h1-35H. The first-order valence-corrected chi connectivity index (χ1v) is 21.6. The monoisotopic (exact) mass is 793 g/mol. The van der Waals surface area contributed by atoms with Gasteiger partial charge in [-0.1, -0.05) is 170 Å². The van der Waals surface area contributed by atoms with E-state index in [2.05, 4.69) is 217 Å². The van der Waals surface area contributed by atoms with Gasteiger partial charge in [-0.15, -0.1) is 11.3 Å². The van der Waals surface area contributed by atoms with Gasteiger partial charge in [0.1, 0.15) is 5.58 Å². The zero-order valence-electron chi connectivity index (χ0n) is 33.0. The molecular formula is C58H35NOS. The summed E-state index contributed by atoms with van der Waals surface area (Å²) in [4.78, 5) is 2.41. The molecule has 0 saturated heterocycles. The number of furan rings is 1. The quantitative estimate of drug-likeness (QED) is 0.161. The molecule has 2 aromatic heterocycles. The Hall–Kier alpha value is -7.72. The minimum absolute atomic E-state index is 0.858. The Morgan fingerprint density at radius 2 is 0.885 bits per heavy atom. The minimum atomic E-state index is 0.858. The van der Waals surface area contributed by atoms with Crippen molar-refractivity contribution in [2.24, 2.45) is 0 Å². The predicted molar refractivity (Wildman–Crippen MR) is 262 cm³/mol. The van der Waals surface area contributed by atoms with E-state index in [1.165, 1.54) is 74.4 Å². The summed E-state index contributed by atoms with van der Waals surface area (Å²) in [6, 6.07) is 77.3. The molecule has 0 bridgehead atoms. The highest BCUT2D eigenvalue weighted by molar-refractivity contribution is 7.26. The second-order valence-electron chi connectivity index (χ2n) is 16.0. The normalized spacial score (nSPS) is 11.9. The van der Waals surface area contributed by atoms with Crippen molar-refractivity contribution in [2.75, 3.05) is 4.90 Å². The van der Waals surface area contributed by atoms with Crippen molar-refractivity contribution < 1.29 is 4.42 Å². The molecule has 0 spiro atoms. The van der Waals surface area contributed by atoms with E-state index in [-0.39, 0.29) is 0 Å². The predicted octanol–water partition coefficient (Wildman–Crippen LogP) is 17.4. The zero-order valence-corrected chi connectivity index (χ0v) is 33.8. The SMILES string of the molecule is c1ccc(-c2ccc(N(c3cccc4c3oc3c(-c5ccc6c7ccccc7c7ccccc7c6c5)c5ccccc5cc34)c3cccc4c3sc3ccccc34)cc2)cc1. The molecule has 0 N–H and O–H groups in total. The molecule has 3 heteroatoms. The lowest BCUT2D eigenvalue weighted by molar-refractivity contribution is 0.670. The topological polar surface area (TPSA) is 16.4 Å². The third-order valence-electron chi connectivity index (χ3n) is 12.6. The lowest BCUT2D eigenvalue weighted by Crippen LogP contribution is -2.10. The molecule has 0 fully saturated rings. The van der Waals surface area contributed by atoms with Gasteiger partial charge in [0.25, 0.3) is 0 Å². The van der Waals surface area contributed by atoms with Crippen molar-refractivity contribution in [2.45, 2.75) is 0 Å². The van der Waals surface area contributed by atoms with E-state index in [9.17, 15) is 0 Å². The van der Waals surface area contributed by atoms with Gasteiger partial charge < -0.3 is 9.32 Å². The first-order valence-electron chi connectivity index (χ1n) is 20.8. The number of nitrogens with zero attached hydrogens (tertiary/aromatic N) is 1. The molecule has 0 amide bonds. The van der Waals surface area contributed by atoms with E-state index >= 15 is 0 Å². The van der Waals surface area contributed by atoms with Gasteiger partial charge in [0, 0.05) is 37.5 Å². The maximum atomic E-state index is 7.40. The van der Waals surface area contributed by atoms with Gasteiger partial charge in [-0.05, 0) is 102 Å². The van der Waals surface area contributed by atoms with Gasteiger partial charge in [0.05, 0.1) is 16.1 Å². The number of rotatable bonds is 5. The summed E-state index contributed by atoms with van der Waals surface area (Å²) >= 11 is 1.85. The van der Waals surface area contributed by atoms with Crippen molar-refractivity contribution in [1.82, 2.24) is 0 Å². The van der Waals surface area contributed by atoms with Crippen LogP contribution in [0.25, 0.3) is 107 Å². The van der Waals surface area contributed by atoms with Crippen molar-refractivity contribution in [3.05, 3.63) is 212 Å². The highest BCUT2D eigenvalue weighted by Gasteiger charge is 2.24. The van der Waals surface area contributed by atoms with Crippen LogP contribution in [0.2, 0.25) is 0 Å². The third-order valence-corrected chi connectivity index (χ3v) is 13.8. The van der Waals surface area contributed by atoms with Gasteiger partial charge in [0.2, 0.25) is 0 Å². The number of benzene rings is 11. The fraction of sp³-hybridized carbons (Fsp3) is 0. The third kappa shape index (κ3) is 5.21. The van der Waals surface area contributed by atoms with Gasteiger partial charge in [-0.3, -0.25) is 0 Å². The van der Waals surface area contributed by atoms with Crippen LogP contribution in [-0.2, 0) is 0 Å². The number of hydrogen-bond acceptors (Lipinski definition) is 3. The number of anilines is 3. The van der Waals surface area contributed by atoms with Crippen LogP contribution in [0.15, 0.2) is 217 Å². The second-order valence-corrected chi connectivity index (χ2v) is 17.0. The molecule has 0 unspecified atom stereocenters.